The second-order valence-corrected chi connectivity index (χ2v) is 5.51. The first-order valence-corrected chi connectivity index (χ1v) is 7.20. The Hall–Kier alpha value is -2.89. The lowest BCUT2D eigenvalue weighted by Gasteiger charge is -2.14. The van der Waals surface area contributed by atoms with Gasteiger partial charge >= 0.3 is 6.09 Å². The molecule has 0 bridgehead atoms. The monoisotopic (exact) mass is 314 g/mol. The number of nitrogens with zero attached hydrogens (tertiary/aromatic N) is 1. The van der Waals surface area contributed by atoms with Gasteiger partial charge in [-0.1, -0.05) is 26.0 Å². The molecule has 2 rings (SSSR count). The van der Waals surface area contributed by atoms with Crippen LogP contribution in [0.4, 0.5) is 16.2 Å². The number of ether oxygens (including phenoxy) is 1. The summed E-state index contributed by atoms with van der Waals surface area (Å²) in [6.45, 7) is 5.96. The second kappa shape index (κ2) is 6.91. The third kappa shape index (κ3) is 4.29. The van der Waals surface area contributed by atoms with Gasteiger partial charge in [-0.2, -0.15) is 0 Å². The molecule has 0 aliphatic heterocycles. The van der Waals surface area contributed by atoms with Gasteiger partial charge in [0.05, 0.1) is 4.92 Å². The van der Waals surface area contributed by atoms with E-state index in [1.54, 1.807) is 0 Å². The Morgan fingerprint density at radius 1 is 1.17 bits per heavy atom. The molecule has 120 valence electrons. The molecule has 6 heteroatoms. The largest absolute Gasteiger partial charge is 0.417 e. The van der Waals surface area contributed by atoms with Crippen LogP contribution in [0.1, 0.15) is 30.9 Å². The summed E-state index contributed by atoms with van der Waals surface area (Å²) >= 11 is 0. The Kier molecular flexibility index (Phi) is 4.95. The van der Waals surface area contributed by atoms with E-state index in [-0.39, 0.29) is 11.6 Å². The third-order valence-electron chi connectivity index (χ3n) is 3.32. The fourth-order valence-electron chi connectivity index (χ4n) is 2.12. The molecule has 6 nitrogen and oxygen atoms in total. The van der Waals surface area contributed by atoms with Gasteiger partial charge in [0, 0.05) is 17.8 Å². The molecule has 0 heterocycles. The number of nitro benzene ring substituents is 1. The second-order valence-electron chi connectivity index (χ2n) is 5.51. The molecule has 23 heavy (non-hydrogen) atoms. The lowest BCUT2D eigenvalue weighted by molar-refractivity contribution is -0.384. The molecule has 0 aliphatic rings. The van der Waals surface area contributed by atoms with E-state index in [9.17, 15) is 14.9 Å². The molecule has 0 aliphatic carbocycles. The van der Waals surface area contributed by atoms with Crippen LogP contribution in [-0.2, 0) is 0 Å². The summed E-state index contributed by atoms with van der Waals surface area (Å²) in [7, 11) is 0. The summed E-state index contributed by atoms with van der Waals surface area (Å²) in [4.78, 5) is 22.1. The predicted molar refractivity (Wildman–Crippen MR) is 88.0 cm³/mol. The Morgan fingerprint density at radius 2 is 1.83 bits per heavy atom. The van der Waals surface area contributed by atoms with Crippen molar-refractivity contribution in [2.24, 2.45) is 0 Å². The quantitative estimate of drug-likeness (QED) is 0.658. The van der Waals surface area contributed by atoms with E-state index in [2.05, 4.69) is 5.32 Å². The van der Waals surface area contributed by atoms with Crippen molar-refractivity contribution < 1.29 is 14.5 Å². The van der Waals surface area contributed by atoms with E-state index in [1.807, 2.05) is 39.0 Å². The number of non-ortho nitro benzene ring substituents is 1. The lowest BCUT2D eigenvalue weighted by Crippen LogP contribution is -2.17. The minimum Gasteiger partial charge on any atom is -0.410 e. The van der Waals surface area contributed by atoms with Gasteiger partial charge < -0.3 is 4.74 Å². The average Bonchev–Trinajstić information content (AvgIpc) is 2.47. The zero-order valence-corrected chi connectivity index (χ0v) is 13.2. The molecule has 0 spiro atoms. The zero-order valence-electron chi connectivity index (χ0n) is 13.2. The van der Waals surface area contributed by atoms with Crippen molar-refractivity contribution in [3.8, 4) is 5.75 Å². The van der Waals surface area contributed by atoms with Crippen molar-refractivity contribution in [3.05, 3.63) is 63.7 Å². The highest BCUT2D eigenvalue weighted by atomic mass is 16.6. The summed E-state index contributed by atoms with van der Waals surface area (Å²) < 4.78 is 5.39. The number of hydrogen-bond acceptors (Lipinski definition) is 4. The highest BCUT2D eigenvalue weighted by molar-refractivity contribution is 5.86. The van der Waals surface area contributed by atoms with E-state index < -0.39 is 11.0 Å². The molecule has 0 atom stereocenters. The topological polar surface area (TPSA) is 81.5 Å². The Bertz CT molecular complexity index is 724. The normalized spacial score (nSPS) is 10.4. The minimum atomic E-state index is -0.633. The van der Waals surface area contributed by atoms with Gasteiger partial charge in [-0.15, -0.1) is 0 Å². The maximum atomic E-state index is 12.0. The van der Waals surface area contributed by atoms with Crippen molar-refractivity contribution in [3.63, 3.8) is 0 Å². The number of nitro groups is 1. The number of nitrogens with one attached hydrogen (secondary N) is 1. The van der Waals surface area contributed by atoms with Crippen molar-refractivity contribution in [1.29, 1.82) is 0 Å². The maximum Gasteiger partial charge on any atom is 0.417 e. The standard InChI is InChI=1S/C17H18N2O4/c1-11(2)15-9-4-12(3)10-16(15)23-17(20)18-13-5-7-14(8-6-13)19(21)22/h4-11H,1-3H3,(H,18,20). The van der Waals surface area contributed by atoms with E-state index in [1.165, 1.54) is 24.3 Å². The van der Waals surface area contributed by atoms with Crippen molar-refractivity contribution in [1.82, 2.24) is 0 Å². The number of carbonyl (C=O) groups is 1. The van der Waals surface area contributed by atoms with Crippen LogP contribution in [0.25, 0.3) is 0 Å². The average molecular weight is 314 g/mol. The summed E-state index contributed by atoms with van der Waals surface area (Å²) in [5, 5.41) is 13.2. The first kappa shape index (κ1) is 16.5. The van der Waals surface area contributed by atoms with Crippen LogP contribution in [0.2, 0.25) is 0 Å². The fraction of sp³-hybridized carbons (Fsp3) is 0.235. The van der Waals surface area contributed by atoms with Gasteiger partial charge in [0.25, 0.3) is 5.69 Å². The molecule has 0 saturated heterocycles. The molecular weight excluding hydrogens is 296 g/mol. The van der Waals surface area contributed by atoms with Crippen LogP contribution in [0.15, 0.2) is 42.5 Å². The van der Waals surface area contributed by atoms with E-state index in [0.717, 1.165) is 11.1 Å². The molecule has 1 amide bonds. The van der Waals surface area contributed by atoms with Crippen LogP contribution in [0.3, 0.4) is 0 Å². The molecular formula is C17H18N2O4. The minimum absolute atomic E-state index is 0.0373. The van der Waals surface area contributed by atoms with E-state index in [4.69, 9.17) is 4.74 Å². The Balaban J connectivity index is 2.10. The summed E-state index contributed by atoms with van der Waals surface area (Å²) in [5.41, 5.74) is 2.33. The summed E-state index contributed by atoms with van der Waals surface area (Å²) in [6.07, 6.45) is -0.633. The smallest absolute Gasteiger partial charge is 0.410 e. The van der Waals surface area contributed by atoms with Gasteiger partial charge in [0.2, 0.25) is 0 Å². The SMILES string of the molecule is Cc1ccc(C(C)C)c(OC(=O)Nc2ccc([N+](=O)[O-])cc2)c1. The fourth-order valence-corrected chi connectivity index (χ4v) is 2.12. The van der Waals surface area contributed by atoms with Crippen LogP contribution in [0.5, 0.6) is 5.75 Å². The number of carbonyl (C=O) groups excluding carboxylic acids is 1. The maximum absolute atomic E-state index is 12.0. The summed E-state index contributed by atoms with van der Waals surface area (Å²) in [6, 6.07) is 11.3. The van der Waals surface area contributed by atoms with Crippen LogP contribution in [0, 0.1) is 17.0 Å². The number of amides is 1. The van der Waals surface area contributed by atoms with Gasteiger partial charge in [-0.3, -0.25) is 15.4 Å². The number of anilines is 1. The molecule has 2 aromatic carbocycles. The molecule has 1 N–H and O–H groups in total. The van der Waals surface area contributed by atoms with Gasteiger partial charge in [0.1, 0.15) is 5.75 Å². The predicted octanol–water partition coefficient (Wildman–Crippen LogP) is 4.64. The first-order valence-electron chi connectivity index (χ1n) is 7.20. The lowest BCUT2D eigenvalue weighted by atomic mass is 10.0. The zero-order chi connectivity index (χ0) is 17.0. The van der Waals surface area contributed by atoms with Gasteiger partial charge in [-0.05, 0) is 42.2 Å². The third-order valence-corrected chi connectivity index (χ3v) is 3.32. The highest BCUT2D eigenvalue weighted by Gasteiger charge is 2.13. The van der Waals surface area contributed by atoms with E-state index >= 15 is 0 Å². The van der Waals surface area contributed by atoms with Crippen LogP contribution < -0.4 is 10.1 Å². The van der Waals surface area contributed by atoms with Gasteiger partial charge in [-0.25, -0.2) is 4.79 Å². The summed E-state index contributed by atoms with van der Waals surface area (Å²) in [5.74, 6) is 0.734. The van der Waals surface area contributed by atoms with Crippen molar-refractivity contribution >= 4 is 17.5 Å². The molecule has 0 fully saturated rings. The van der Waals surface area contributed by atoms with Gasteiger partial charge in [0.15, 0.2) is 0 Å². The highest BCUT2D eigenvalue weighted by Crippen LogP contribution is 2.28. The Morgan fingerprint density at radius 3 is 2.39 bits per heavy atom. The van der Waals surface area contributed by atoms with Crippen molar-refractivity contribution in [2.45, 2.75) is 26.7 Å². The van der Waals surface area contributed by atoms with Crippen LogP contribution >= 0.6 is 0 Å². The number of aryl methyl sites for hydroxylation is 1. The number of rotatable bonds is 4. The number of hydrogen-bond donors (Lipinski definition) is 1. The first-order chi connectivity index (χ1) is 10.9. The number of benzene rings is 2. The Labute approximate surface area is 134 Å². The molecule has 0 unspecified atom stereocenters. The van der Waals surface area contributed by atoms with Crippen LogP contribution in [-0.4, -0.2) is 11.0 Å². The molecule has 2 aromatic rings. The molecule has 0 aromatic heterocycles. The molecule has 0 saturated carbocycles. The van der Waals surface area contributed by atoms with Crippen molar-refractivity contribution in [2.75, 3.05) is 5.32 Å². The molecule has 0 radical (unpaired) electrons. The van der Waals surface area contributed by atoms with E-state index in [0.29, 0.717) is 11.4 Å².